The Labute approximate surface area is 81.2 Å². The zero-order valence-electron chi connectivity index (χ0n) is 8.97. The second kappa shape index (κ2) is 4.08. The van der Waals surface area contributed by atoms with Crippen LogP contribution >= 0.6 is 0 Å². The van der Waals surface area contributed by atoms with Gasteiger partial charge in [0.25, 0.3) is 0 Å². The molecule has 0 bridgehead atoms. The van der Waals surface area contributed by atoms with Gasteiger partial charge in [-0.2, -0.15) is 0 Å². The van der Waals surface area contributed by atoms with E-state index in [0.717, 1.165) is 6.42 Å². The first-order valence-corrected chi connectivity index (χ1v) is 5.25. The lowest BCUT2D eigenvalue weighted by atomic mass is 9.73. The average molecular weight is 180 g/mol. The Balaban J connectivity index is 2.72. The van der Waals surface area contributed by atoms with Crippen molar-refractivity contribution < 1.29 is 4.79 Å². The van der Waals surface area contributed by atoms with Crippen LogP contribution in [0.4, 0.5) is 0 Å². The van der Waals surface area contributed by atoms with Gasteiger partial charge in [0, 0.05) is 6.42 Å². The molecular weight excluding hydrogens is 160 g/mol. The SMILES string of the molecule is CCCC1CC=CC(=O)CC1(C)C. The van der Waals surface area contributed by atoms with Gasteiger partial charge in [-0.25, -0.2) is 0 Å². The van der Waals surface area contributed by atoms with Crippen LogP contribution in [0.25, 0.3) is 0 Å². The van der Waals surface area contributed by atoms with Crippen LogP contribution in [0.15, 0.2) is 12.2 Å². The fourth-order valence-electron chi connectivity index (χ4n) is 2.19. The molecule has 0 N–H and O–H groups in total. The smallest absolute Gasteiger partial charge is 0.155 e. The molecule has 0 fully saturated rings. The van der Waals surface area contributed by atoms with Gasteiger partial charge in [0.05, 0.1) is 0 Å². The number of carbonyl (C=O) groups excluding carboxylic acids is 1. The summed E-state index contributed by atoms with van der Waals surface area (Å²) in [6.07, 6.45) is 8.07. The first-order valence-electron chi connectivity index (χ1n) is 5.25. The van der Waals surface area contributed by atoms with Gasteiger partial charge in [-0.15, -0.1) is 0 Å². The van der Waals surface area contributed by atoms with Crippen molar-refractivity contribution in [2.24, 2.45) is 11.3 Å². The van der Waals surface area contributed by atoms with Gasteiger partial charge in [-0.1, -0.05) is 33.3 Å². The number of ketones is 1. The molecule has 1 aliphatic rings. The van der Waals surface area contributed by atoms with Crippen molar-refractivity contribution in [3.8, 4) is 0 Å². The van der Waals surface area contributed by atoms with Gasteiger partial charge in [-0.3, -0.25) is 4.79 Å². The largest absolute Gasteiger partial charge is 0.295 e. The van der Waals surface area contributed by atoms with Crippen molar-refractivity contribution >= 4 is 5.78 Å². The quantitative estimate of drug-likeness (QED) is 0.637. The van der Waals surface area contributed by atoms with E-state index in [-0.39, 0.29) is 5.41 Å². The molecule has 0 saturated heterocycles. The van der Waals surface area contributed by atoms with Crippen LogP contribution in [-0.4, -0.2) is 5.78 Å². The van der Waals surface area contributed by atoms with Crippen molar-refractivity contribution in [1.29, 1.82) is 0 Å². The summed E-state index contributed by atoms with van der Waals surface area (Å²) in [5.74, 6) is 0.976. The maximum Gasteiger partial charge on any atom is 0.155 e. The minimum atomic E-state index is 0.191. The predicted octanol–water partition coefficient (Wildman–Crippen LogP) is 3.35. The van der Waals surface area contributed by atoms with Crippen LogP contribution < -0.4 is 0 Å². The van der Waals surface area contributed by atoms with E-state index in [1.807, 2.05) is 0 Å². The molecule has 0 aromatic heterocycles. The van der Waals surface area contributed by atoms with Crippen molar-refractivity contribution in [3.05, 3.63) is 12.2 Å². The molecule has 0 spiro atoms. The summed E-state index contributed by atoms with van der Waals surface area (Å²) in [7, 11) is 0. The molecule has 0 aromatic rings. The average Bonchev–Trinajstić information content (AvgIpc) is 2.11. The zero-order chi connectivity index (χ0) is 9.90. The Hall–Kier alpha value is -0.590. The highest BCUT2D eigenvalue weighted by molar-refractivity contribution is 5.90. The minimum absolute atomic E-state index is 0.191. The highest BCUT2D eigenvalue weighted by atomic mass is 16.1. The van der Waals surface area contributed by atoms with Gasteiger partial charge >= 0.3 is 0 Å². The summed E-state index contributed by atoms with van der Waals surface area (Å²) in [5.41, 5.74) is 0.191. The monoisotopic (exact) mass is 180 g/mol. The fraction of sp³-hybridized carbons (Fsp3) is 0.750. The standard InChI is InChI=1S/C12H20O/c1-4-6-10-7-5-8-11(13)9-12(10,2)3/h5,8,10H,4,6-7,9H2,1-3H3. The van der Waals surface area contributed by atoms with Crippen molar-refractivity contribution in [1.82, 2.24) is 0 Å². The number of hydrogen-bond acceptors (Lipinski definition) is 1. The lowest BCUT2D eigenvalue weighted by Gasteiger charge is -2.31. The van der Waals surface area contributed by atoms with Gasteiger partial charge < -0.3 is 0 Å². The first-order chi connectivity index (χ1) is 6.06. The van der Waals surface area contributed by atoms with Crippen LogP contribution in [0, 0.1) is 11.3 Å². The number of allylic oxidation sites excluding steroid dienone is 2. The molecule has 1 atom stereocenters. The Morgan fingerprint density at radius 3 is 2.85 bits per heavy atom. The van der Waals surface area contributed by atoms with Crippen LogP contribution in [0.5, 0.6) is 0 Å². The zero-order valence-corrected chi connectivity index (χ0v) is 8.97. The molecule has 1 heteroatoms. The Morgan fingerprint density at radius 1 is 1.54 bits per heavy atom. The summed E-state index contributed by atoms with van der Waals surface area (Å²) in [5, 5.41) is 0. The number of carbonyl (C=O) groups is 1. The molecule has 1 aliphatic carbocycles. The van der Waals surface area contributed by atoms with E-state index in [1.54, 1.807) is 6.08 Å². The van der Waals surface area contributed by atoms with Crippen molar-refractivity contribution in [2.45, 2.75) is 46.5 Å². The molecule has 0 aliphatic heterocycles. The van der Waals surface area contributed by atoms with E-state index in [2.05, 4.69) is 26.8 Å². The van der Waals surface area contributed by atoms with Gasteiger partial charge in [-0.05, 0) is 30.3 Å². The molecular formula is C12H20O. The number of rotatable bonds is 2. The lowest BCUT2D eigenvalue weighted by molar-refractivity contribution is -0.116. The molecule has 74 valence electrons. The molecule has 1 rings (SSSR count). The van der Waals surface area contributed by atoms with Gasteiger partial charge in [0.2, 0.25) is 0 Å². The topological polar surface area (TPSA) is 17.1 Å². The maximum absolute atomic E-state index is 11.4. The van der Waals surface area contributed by atoms with E-state index >= 15 is 0 Å². The molecule has 0 heterocycles. The lowest BCUT2D eigenvalue weighted by Crippen LogP contribution is -2.24. The highest BCUT2D eigenvalue weighted by Crippen LogP contribution is 2.38. The van der Waals surface area contributed by atoms with E-state index in [0.29, 0.717) is 18.1 Å². The van der Waals surface area contributed by atoms with Crippen LogP contribution in [-0.2, 0) is 4.79 Å². The molecule has 0 saturated carbocycles. The molecule has 0 radical (unpaired) electrons. The maximum atomic E-state index is 11.4. The second-order valence-electron chi connectivity index (χ2n) is 4.76. The van der Waals surface area contributed by atoms with Gasteiger partial charge in [0.1, 0.15) is 0 Å². The Morgan fingerprint density at radius 2 is 2.23 bits per heavy atom. The third-order valence-electron chi connectivity index (χ3n) is 3.10. The Bertz CT molecular complexity index is 213. The van der Waals surface area contributed by atoms with E-state index in [4.69, 9.17) is 0 Å². The third kappa shape index (κ3) is 2.68. The summed E-state index contributed by atoms with van der Waals surface area (Å²) in [4.78, 5) is 11.4. The van der Waals surface area contributed by atoms with Crippen LogP contribution in [0.3, 0.4) is 0 Å². The van der Waals surface area contributed by atoms with Crippen molar-refractivity contribution in [2.75, 3.05) is 0 Å². The number of hydrogen-bond donors (Lipinski definition) is 0. The van der Waals surface area contributed by atoms with E-state index < -0.39 is 0 Å². The van der Waals surface area contributed by atoms with E-state index in [1.165, 1.54) is 12.8 Å². The minimum Gasteiger partial charge on any atom is -0.295 e. The highest BCUT2D eigenvalue weighted by Gasteiger charge is 2.31. The molecule has 1 nitrogen and oxygen atoms in total. The Kier molecular flexibility index (Phi) is 3.29. The summed E-state index contributed by atoms with van der Waals surface area (Å²) in [6, 6.07) is 0. The molecule has 0 amide bonds. The summed E-state index contributed by atoms with van der Waals surface area (Å²) < 4.78 is 0. The predicted molar refractivity (Wildman–Crippen MR) is 55.6 cm³/mol. The van der Waals surface area contributed by atoms with Crippen LogP contribution in [0.2, 0.25) is 0 Å². The third-order valence-corrected chi connectivity index (χ3v) is 3.10. The summed E-state index contributed by atoms with van der Waals surface area (Å²) >= 11 is 0. The normalized spacial score (nSPS) is 27.3. The molecule has 1 unspecified atom stereocenters. The molecule has 0 aromatic carbocycles. The molecule has 13 heavy (non-hydrogen) atoms. The van der Waals surface area contributed by atoms with Crippen LogP contribution in [0.1, 0.15) is 46.5 Å². The van der Waals surface area contributed by atoms with E-state index in [9.17, 15) is 4.79 Å². The summed E-state index contributed by atoms with van der Waals surface area (Å²) in [6.45, 7) is 6.66. The van der Waals surface area contributed by atoms with Gasteiger partial charge in [0.15, 0.2) is 5.78 Å². The second-order valence-corrected chi connectivity index (χ2v) is 4.76. The fourth-order valence-corrected chi connectivity index (χ4v) is 2.19. The first kappa shape index (κ1) is 10.5. The van der Waals surface area contributed by atoms with Crippen molar-refractivity contribution in [3.63, 3.8) is 0 Å².